The number of hydrogen-bond donors (Lipinski definition) is 2. The molecule has 2 aromatic carbocycles. The van der Waals surface area contributed by atoms with Crippen molar-refractivity contribution >= 4 is 29.0 Å². The number of hydrogen-bond acceptors (Lipinski definition) is 7. The molecule has 30 heavy (non-hydrogen) atoms. The Morgan fingerprint density at radius 2 is 1.80 bits per heavy atom. The fraction of sp³-hybridized carbons (Fsp3) is 0.286. The first-order chi connectivity index (χ1) is 14.6. The SMILES string of the molecule is Cc1ccc(-c2nnc(SCC(=O)Nc3ccc(N4CCOCC4)cc3)n2N)cc1. The largest absolute Gasteiger partial charge is 0.378 e. The van der Waals surface area contributed by atoms with Crippen LogP contribution in [0.15, 0.2) is 53.7 Å². The maximum absolute atomic E-state index is 12.3. The maximum atomic E-state index is 12.3. The minimum Gasteiger partial charge on any atom is -0.378 e. The van der Waals surface area contributed by atoms with Crippen molar-refractivity contribution in [2.45, 2.75) is 12.1 Å². The van der Waals surface area contributed by atoms with Crippen LogP contribution >= 0.6 is 11.8 Å². The zero-order valence-electron chi connectivity index (χ0n) is 16.7. The van der Waals surface area contributed by atoms with E-state index in [1.807, 2.05) is 55.5 Å². The highest BCUT2D eigenvalue weighted by molar-refractivity contribution is 7.99. The first kappa shape index (κ1) is 20.2. The van der Waals surface area contributed by atoms with Crippen molar-refractivity contribution in [3.63, 3.8) is 0 Å². The molecule has 2 heterocycles. The minimum absolute atomic E-state index is 0.126. The monoisotopic (exact) mass is 424 g/mol. The molecule has 3 aromatic rings. The van der Waals surface area contributed by atoms with Crippen molar-refractivity contribution < 1.29 is 9.53 Å². The molecule has 0 atom stereocenters. The predicted octanol–water partition coefficient (Wildman–Crippen LogP) is 2.53. The van der Waals surface area contributed by atoms with Gasteiger partial charge in [-0.1, -0.05) is 41.6 Å². The molecule has 4 rings (SSSR count). The zero-order valence-corrected chi connectivity index (χ0v) is 17.6. The third kappa shape index (κ3) is 4.74. The van der Waals surface area contributed by atoms with Gasteiger partial charge in [-0.2, -0.15) is 0 Å². The minimum atomic E-state index is -0.126. The quantitative estimate of drug-likeness (QED) is 0.463. The fourth-order valence-electron chi connectivity index (χ4n) is 3.18. The van der Waals surface area contributed by atoms with Crippen molar-refractivity contribution in [1.82, 2.24) is 14.9 Å². The van der Waals surface area contributed by atoms with Crippen LogP contribution < -0.4 is 16.1 Å². The zero-order chi connectivity index (χ0) is 20.9. The summed E-state index contributed by atoms with van der Waals surface area (Å²) in [5.74, 6) is 6.75. The van der Waals surface area contributed by atoms with Crippen LogP contribution in [0.4, 0.5) is 11.4 Å². The highest BCUT2D eigenvalue weighted by Crippen LogP contribution is 2.23. The van der Waals surface area contributed by atoms with Gasteiger partial charge >= 0.3 is 0 Å². The van der Waals surface area contributed by atoms with Crippen molar-refractivity contribution in [1.29, 1.82) is 0 Å². The van der Waals surface area contributed by atoms with Gasteiger partial charge in [0.15, 0.2) is 5.82 Å². The lowest BCUT2D eigenvalue weighted by Gasteiger charge is -2.28. The topological polar surface area (TPSA) is 98.3 Å². The van der Waals surface area contributed by atoms with Gasteiger partial charge in [0.2, 0.25) is 11.1 Å². The van der Waals surface area contributed by atoms with Crippen molar-refractivity contribution in [2.75, 3.05) is 48.1 Å². The molecule has 8 nitrogen and oxygen atoms in total. The molecule has 0 saturated carbocycles. The van der Waals surface area contributed by atoms with E-state index >= 15 is 0 Å². The fourth-order valence-corrected chi connectivity index (χ4v) is 3.84. The Bertz CT molecular complexity index is 997. The number of nitrogens with two attached hydrogens (primary N) is 1. The highest BCUT2D eigenvalue weighted by Gasteiger charge is 2.14. The number of nitrogens with one attached hydrogen (secondary N) is 1. The molecular weight excluding hydrogens is 400 g/mol. The summed E-state index contributed by atoms with van der Waals surface area (Å²) in [5, 5.41) is 11.7. The molecule has 1 aliphatic heterocycles. The summed E-state index contributed by atoms with van der Waals surface area (Å²) in [6.45, 7) is 5.27. The number of rotatable bonds is 6. The van der Waals surface area contributed by atoms with Crippen molar-refractivity contribution in [3.8, 4) is 11.4 Å². The van der Waals surface area contributed by atoms with Crippen LogP contribution in [0.3, 0.4) is 0 Å². The molecule has 0 bridgehead atoms. The van der Waals surface area contributed by atoms with Gasteiger partial charge < -0.3 is 20.8 Å². The molecule has 3 N–H and O–H groups in total. The van der Waals surface area contributed by atoms with Crippen molar-refractivity contribution in [3.05, 3.63) is 54.1 Å². The molecule has 0 unspecified atom stereocenters. The number of nitrogens with zero attached hydrogens (tertiary/aromatic N) is 4. The predicted molar refractivity (Wildman–Crippen MR) is 119 cm³/mol. The Morgan fingerprint density at radius 1 is 1.10 bits per heavy atom. The third-order valence-corrected chi connectivity index (χ3v) is 5.78. The van der Waals surface area contributed by atoms with E-state index in [1.54, 1.807) is 0 Å². The van der Waals surface area contributed by atoms with Gasteiger partial charge in [-0.05, 0) is 31.2 Å². The second-order valence-corrected chi connectivity index (χ2v) is 7.97. The Kier molecular flexibility index (Phi) is 6.20. The number of amides is 1. The number of aromatic nitrogens is 3. The van der Waals surface area contributed by atoms with E-state index in [0.29, 0.717) is 11.0 Å². The molecule has 1 aromatic heterocycles. The van der Waals surface area contributed by atoms with Crippen LogP contribution in [0.2, 0.25) is 0 Å². The van der Waals surface area contributed by atoms with E-state index in [1.165, 1.54) is 16.4 Å². The second-order valence-electron chi connectivity index (χ2n) is 7.03. The maximum Gasteiger partial charge on any atom is 0.234 e. The molecular formula is C21H24N6O2S. The van der Waals surface area contributed by atoms with Crippen LogP contribution in [0.1, 0.15) is 5.56 Å². The first-order valence-electron chi connectivity index (χ1n) is 9.73. The number of aryl methyl sites for hydroxylation is 1. The summed E-state index contributed by atoms with van der Waals surface area (Å²) in [5.41, 5.74) is 3.93. The number of carbonyl (C=O) groups is 1. The Balaban J connectivity index is 1.32. The Hall–Kier alpha value is -3.04. The average Bonchev–Trinajstić information content (AvgIpc) is 3.14. The van der Waals surface area contributed by atoms with E-state index in [2.05, 4.69) is 20.4 Å². The van der Waals surface area contributed by atoms with Gasteiger partial charge in [0.25, 0.3) is 0 Å². The van der Waals surface area contributed by atoms with Crippen LogP contribution in [-0.2, 0) is 9.53 Å². The number of ether oxygens (including phenoxy) is 1. The molecule has 0 spiro atoms. The van der Waals surface area contributed by atoms with E-state index in [-0.39, 0.29) is 11.7 Å². The van der Waals surface area contributed by atoms with Gasteiger partial charge in [-0.3, -0.25) is 4.79 Å². The summed E-state index contributed by atoms with van der Waals surface area (Å²) < 4.78 is 6.80. The lowest BCUT2D eigenvalue weighted by molar-refractivity contribution is -0.113. The second kappa shape index (κ2) is 9.19. The number of anilines is 2. The number of benzene rings is 2. The molecule has 0 radical (unpaired) electrons. The van der Waals surface area contributed by atoms with E-state index in [0.717, 1.165) is 48.8 Å². The average molecular weight is 425 g/mol. The van der Waals surface area contributed by atoms with E-state index in [4.69, 9.17) is 10.6 Å². The standard InChI is InChI=1S/C21H24N6O2S/c1-15-2-4-16(5-3-15)20-24-25-21(27(20)22)30-14-19(28)23-17-6-8-18(9-7-17)26-10-12-29-13-11-26/h2-9H,10-14,22H2,1H3,(H,23,28). The van der Waals surface area contributed by atoms with Gasteiger partial charge in [0.05, 0.1) is 19.0 Å². The van der Waals surface area contributed by atoms with Crippen LogP contribution in [-0.4, -0.2) is 52.8 Å². The summed E-state index contributed by atoms with van der Waals surface area (Å²) >= 11 is 1.25. The molecule has 156 valence electrons. The summed E-state index contributed by atoms with van der Waals surface area (Å²) in [7, 11) is 0. The molecule has 0 aliphatic carbocycles. The number of morpholine rings is 1. The van der Waals surface area contributed by atoms with Gasteiger partial charge in [0.1, 0.15) is 0 Å². The highest BCUT2D eigenvalue weighted by atomic mass is 32.2. The lowest BCUT2D eigenvalue weighted by atomic mass is 10.1. The van der Waals surface area contributed by atoms with Gasteiger partial charge in [-0.15, -0.1) is 10.2 Å². The van der Waals surface area contributed by atoms with Crippen LogP contribution in [0.5, 0.6) is 0 Å². The summed E-state index contributed by atoms with van der Waals surface area (Å²) in [6, 6.07) is 15.7. The third-order valence-electron chi connectivity index (χ3n) is 4.83. The smallest absolute Gasteiger partial charge is 0.234 e. The van der Waals surface area contributed by atoms with Crippen LogP contribution in [0, 0.1) is 6.92 Å². The number of carbonyl (C=O) groups excluding carboxylic acids is 1. The molecule has 9 heteroatoms. The van der Waals surface area contributed by atoms with Crippen LogP contribution in [0.25, 0.3) is 11.4 Å². The summed E-state index contributed by atoms with van der Waals surface area (Å²) in [4.78, 5) is 14.6. The number of nitrogen functional groups attached to an aromatic ring is 1. The van der Waals surface area contributed by atoms with E-state index in [9.17, 15) is 4.79 Å². The Labute approximate surface area is 179 Å². The van der Waals surface area contributed by atoms with E-state index < -0.39 is 0 Å². The van der Waals surface area contributed by atoms with Gasteiger partial charge in [-0.25, -0.2) is 4.68 Å². The normalized spacial score (nSPS) is 14.0. The lowest BCUT2D eigenvalue weighted by Crippen LogP contribution is -2.36. The molecule has 1 saturated heterocycles. The Morgan fingerprint density at radius 3 is 2.50 bits per heavy atom. The molecule has 1 amide bonds. The first-order valence-corrected chi connectivity index (χ1v) is 10.7. The number of thioether (sulfide) groups is 1. The molecule has 1 aliphatic rings. The van der Waals surface area contributed by atoms with Gasteiger partial charge in [0, 0.05) is 30.0 Å². The molecule has 1 fully saturated rings. The summed E-state index contributed by atoms with van der Waals surface area (Å²) in [6.07, 6.45) is 0. The van der Waals surface area contributed by atoms with Crippen molar-refractivity contribution in [2.24, 2.45) is 0 Å².